The van der Waals surface area contributed by atoms with Gasteiger partial charge >= 0.3 is 0 Å². The lowest BCUT2D eigenvalue weighted by atomic mass is 10.2. The molecule has 2 atom stereocenters. The summed E-state index contributed by atoms with van der Waals surface area (Å²) in [6.07, 6.45) is 8.05. The topological polar surface area (TPSA) is 59.8 Å². The fourth-order valence-electron chi connectivity index (χ4n) is 2.16. The molecule has 92 valence electrons. The van der Waals surface area contributed by atoms with Crippen molar-refractivity contribution in [2.24, 2.45) is 13.0 Å². The second-order valence-electron chi connectivity index (χ2n) is 4.63. The summed E-state index contributed by atoms with van der Waals surface area (Å²) in [5, 5.41) is 7.01. The number of hydrogen-bond acceptors (Lipinski definition) is 3. The average molecular weight is 242 g/mol. The van der Waals surface area contributed by atoms with Gasteiger partial charge in [-0.3, -0.25) is 14.5 Å². The van der Waals surface area contributed by atoms with Crippen LogP contribution in [0.3, 0.4) is 0 Å². The minimum Gasteiger partial charge on any atom is -0.324 e. The van der Waals surface area contributed by atoms with E-state index >= 15 is 0 Å². The Kier molecular flexibility index (Phi) is 2.59. The minimum atomic E-state index is 0.0643. The van der Waals surface area contributed by atoms with Gasteiger partial charge in [-0.2, -0.15) is 5.10 Å². The maximum atomic E-state index is 12.0. The highest BCUT2D eigenvalue weighted by molar-refractivity contribution is 5.95. The second-order valence-corrected chi connectivity index (χ2v) is 4.63. The number of carbonyl (C=O) groups is 1. The molecule has 0 aliphatic heterocycles. The molecule has 1 aliphatic rings. The Morgan fingerprint density at radius 3 is 3.06 bits per heavy atom. The van der Waals surface area contributed by atoms with Gasteiger partial charge in [0.05, 0.1) is 18.1 Å². The van der Waals surface area contributed by atoms with Crippen molar-refractivity contribution < 1.29 is 4.79 Å². The van der Waals surface area contributed by atoms with E-state index in [1.165, 1.54) is 0 Å². The Morgan fingerprint density at radius 1 is 1.50 bits per heavy atom. The van der Waals surface area contributed by atoms with E-state index in [0.29, 0.717) is 5.92 Å². The molecular formula is C13H14N4O. The minimum absolute atomic E-state index is 0.0643. The number of carbonyl (C=O) groups excluding carboxylic acids is 1. The molecule has 5 heteroatoms. The molecule has 2 heterocycles. The second kappa shape index (κ2) is 4.25. The number of aryl methyl sites for hydroxylation is 1. The largest absolute Gasteiger partial charge is 0.324 e. The normalized spacial score (nSPS) is 21.6. The van der Waals surface area contributed by atoms with E-state index in [1.54, 1.807) is 23.1 Å². The molecule has 0 bridgehead atoms. The number of rotatable bonds is 3. The third-order valence-electron chi connectivity index (χ3n) is 3.21. The van der Waals surface area contributed by atoms with Crippen molar-refractivity contribution in [3.63, 3.8) is 0 Å². The van der Waals surface area contributed by atoms with Crippen LogP contribution in [-0.4, -0.2) is 20.7 Å². The van der Waals surface area contributed by atoms with E-state index < -0.39 is 0 Å². The first kappa shape index (κ1) is 11.0. The van der Waals surface area contributed by atoms with Crippen LogP contribution in [0.5, 0.6) is 0 Å². The molecule has 1 amide bonds. The van der Waals surface area contributed by atoms with E-state index in [2.05, 4.69) is 15.4 Å². The first-order valence-electron chi connectivity index (χ1n) is 5.93. The third kappa shape index (κ3) is 2.11. The number of nitrogens with zero attached hydrogens (tertiary/aromatic N) is 3. The Morgan fingerprint density at radius 2 is 2.39 bits per heavy atom. The predicted molar refractivity (Wildman–Crippen MR) is 66.9 cm³/mol. The van der Waals surface area contributed by atoms with E-state index in [4.69, 9.17) is 0 Å². The Hall–Kier alpha value is -2.17. The van der Waals surface area contributed by atoms with Crippen LogP contribution in [0.1, 0.15) is 17.9 Å². The number of amides is 1. The van der Waals surface area contributed by atoms with Crippen molar-refractivity contribution in [3.05, 3.63) is 42.5 Å². The van der Waals surface area contributed by atoms with Crippen molar-refractivity contribution in [1.82, 2.24) is 14.8 Å². The van der Waals surface area contributed by atoms with Crippen molar-refractivity contribution in [2.45, 2.75) is 12.3 Å². The zero-order valence-corrected chi connectivity index (χ0v) is 10.1. The molecule has 0 aromatic carbocycles. The predicted octanol–water partition coefficient (Wildman–Crippen LogP) is 1.56. The summed E-state index contributed by atoms with van der Waals surface area (Å²) in [7, 11) is 1.89. The van der Waals surface area contributed by atoms with Crippen molar-refractivity contribution in [2.75, 3.05) is 5.32 Å². The lowest BCUT2D eigenvalue weighted by Gasteiger charge is -2.03. The van der Waals surface area contributed by atoms with Gasteiger partial charge in [-0.25, -0.2) is 0 Å². The summed E-state index contributed by atoms with van der Waals surface area (Å²) >= 11 is 0. The molecule has 1 saturated carbocycles. The standard InChI is InChI=1S/C13H14N4O/c1-17-8-9(6-15-17)11-5-12(11)13(18)16-10-3-2-4-14-7-10/h2-4,6-8,11-12H,5H2,1H3,(H,16,18)/t11-,12+/m0/s1. The number of anilines is 1. The quantitative estimate of drug-likeness (QED) is 0.888. The molecule has 3 rings (SSSR count). The van der Waals surface area contributed by atoms with E-state index in [1.807, 2.05) is 25.5 Å². The van der Waals surface area contributed by atoms with E-state index in [9.17, 15) is 4.79 Å². The fourth-order valence-corrected chi connectivity index (χ4v) is 2.16. The van der Waals surface area contributed by atoms with Crippen LogP contribution >= 0.6 is 0 Å². The molecule has 2 aromatic rings. The van der Waals surface area contributed by atoms with Gasteiger partial charge in [0.1, 0.15) is 0 Å². The molecule has 0 spiro atoms. The van der Waals surface area contributed by atoms with Gasteiger partial charge in [-0.15, -0.1) is 0 Å². The van der Waals surface area contributed by atoms with Crippen LogP contribution in [0.25, 0.3) is 0 Å². The van der Waals surface area contributed by atoms with Crippen LogP contribution in [0.15, 0.2) is 36.9 Å². The Labute approximate surface area is 105 Å². The Bertz CT molecular complexity index is 563. The van der Waals surface area contributed by atoms with Crippen LogP contribution < -0.4 is 5.32 Å². The zero-order valence-electron chi connectivity index (χ0n) is 10.1. The summed E-state index contributed by atoms with van der Waals surface area (Å²) < 4.78 is 1.77. The monoisotopic (exact) mass is 242 g/mol. The van der Waals surface area contributed by atoms with Gasteiger partial charge in [0.15, 0.2) is 0 Å². The molecule has 0 unspecified atom stereocenters. The lowest BCUT2D eigenvalue weighted by molar-refractivity contribution is -0.117. The molecule has 1 aliphatic carbocycles. The van der Waals surface area contributed by atoms with Crippen molar-refractivity contribution in [1.29, 1.82) is 0 Å². The summed E-state index contributed by atoms with van der Waals surface area (Å²) in [4.78, 5) is 16.0. The SMILES string of the molecule is Cn1cc([C@@H]2C[C@H]2C(=O)Nc2cccnc2)cn1. The van der Waals surface area contributed by atoms with Crippen LogP contribution in [0.2, 0.25) is 0 Å². The average Bonchev–Trinajstić information content (AvgIpc) is 3.07. The van der Waals surface area contributed by atoms with Gasteiger partial charge in [-0.05, 0) is 30.0 Å². The van der Waals surface area contributed by atoms with Crippen molar-refractivity contribution >= 4 is 11.6 Å². The van der Waals surface area contributed by atoms with Gasteiger partial charge in [0.25, 0.3) is 0 Å². The zero-order chi connectivity index (χ0) is 12.5. The molecule has 0 radical (unpaired) electrons. The molecule has 18 heavy (non-hydrogen) atoms. The summed E-state index contributed by atoms with van der Waals surface area (Å²) in [6, 6.07) is 3.65. The van der Waals surface area contributed by atoms with Crippen molar-refractivity contribution in [3.8, 4) is 0 Å². The molecule has 5 nitrogen and oxygen atoms in total. The summed E-state index contributed by atoms with van der Waals surface area (Å²) in [6.45, 7) is 0. The van der Waals surface area contributed by atoms with E-state index in [-0.39, 0.29) is 11.8 Å². The molecule has 1 N–H and O–H groups in total. The smallest absolute Gasteiger partial charge is 0.228 e. The first-order valence-corrected chi connectivity index (χ1v) is 5.93. The maximum Gasteiger partial charge on any atom is 0.228 e. The highest BCUT2D eigenvalue weighted by Crippen LogP contribution is 2.47. The summed E-state index contributed by atoms with van der Waals surface area (Å²) in [5.74, 6) is 0.446. The number of aromatic nitrogens is 3. The summed E-state index contributed by atoms with van der Waals surface area (Å²) in [5.41, 5.74) is 1.89. The van der Waals surface area contributed by atoms with Crippen LogP contribution in [0, 0.1) is 5.92 Å². The lowest BCUT2D eigenvalue weighted by Crippen LogP contribution is -2.14. The van der Waals surface area contributed by atoms with Gasteiger partial charge < -0.3 is 5.32 Å². The molecular weight excluding hydrogens is 228 g/mol. The number of pyridine rings is 1. The number of hydrogen-bond donors (Lipinski definition) is 1. The van der Waals surface area contributed by atoms with Gasteiger partial charge in [0.2, 0.25) is 5.91 Å². The highest BCUT2D eigenvalue weighted by Gasteiger charge is 2.44. The van der Waals surface area contributed by atoms with Crippen LogP contribution in [0.4, 0.5) is 5.69 Å². The maximum absolute atomic E-state index is 12.0. The Balaban J connectivity index is 1.63. The highest BCUT2D eigenvalue weighted by atomic mass is 16.2. The van der Waals surface area contributed by atoms with E-state index in [0.717, 1.165) is 17.7 Å². The third-order valence-corrected chi connectivity index (χ3v) is 3.21. The fraction of sp³-hybridized carbons (Fsp3) is 0.308. The first-order chi connectivity index (χ1) is 8.74. The van der Waals surface area contributed by atoms with Gasteiger partial charge in [-0.1, -0.05) is 0 Å². The number of nitrogens with one attached hydrogen (secondary N) is 1. The molecule has 0 saturated heterocycles. The van der Waals surface area contributed by atoms with Crippen LogP contribution in [-0.2, 0) is 11.8 Å². The molecule has 2 aromatic heterocycles. The molecule has 1 fully saturated rings. The van der Waals surface area contributed by atoms with Gasteiger partial charge in [0, 0.05) is 25.4 Å².